The molecule has 0 aliphatic rings. The van der Waals surface area contributed by atoms with Crippen molar-refractivity contribution in [3.05, 3.63) is 36.2 Å². The van der Waals surface area contributed by atoms with E-state index in [1.54, 1.807) is 11.8 Å². The Labute approximate surface area is 116 Å². The van der Waals surface area contributed by atoms with Gasteiger partial charge in [-0.1, -0.05) is 38.8 Å². The zero-order chi connectivity index (χ0) is 14.3. The number of aryl methyl sites for hydroxylation is 2. The van der Waals surface area contributed by atoms with Crippen molar-refractivity contribution in [1.29, 1.82) is 0 Å². The first-order chi connectivity index (χ1) is 9.12. The van der Waals surface area contributed by atoms with E-state index in [4.69, 9.17) is 4.74 Å². The van der Waals surface area contributed by atoms with Crippen LogP contribution >= 0.6 is 0 Å². The molecule has 0 unspecified atom stereocenters. The highest BCUT2D eigenvalue weighted by Crippen LogP contribution is 2.26. The van der Waals surface area contributed by atoms with E-state index in [2.05, 4.69) is 31.1 Å². The zero-order valence-corrected chi connectivity index (χ0v) is 12.6. The molecule has 0 N–H and O–H groups in total. The molecule has 0 radical (unpaired) electrons. The molecule has 104 valence electrons. The van der Waals surface area contributed by atoms with E-state index >= 15 is 0 Å². The number of hydrogen-bond donors (Lipinski definition) is 0. The Morgan fingerprint density at radius 1 is 1.16 bits per heavy atom. The van der Waals surface area contributed by atoms with Gasteiger partial charge in [0.1, 0.15) is 5.75 Å². The summed E-state index contributed by atoms with van der Waals surface area (Å²) in [6, 6.07) is 6.17. The first-order valence-electron chi connectivity index (χ1n) is 6.76. The fraction of sp³-hybridized carbons (Fsp3) is 0.438. The van der Waals surface area contributed by atoms with E-state index in [1.165, 1.54) is 12.8 Å². The summed E-state index contributed by atoms with van der Waals surface area (Å²) in [6.45, 7) is 6.39. The van der Waals surface area contributed by atoms with Gasteiger partial charge >= 0.3 is 0 Å². The summed E-state index contributed by atoms with van der Waals surface area (Å²) in [5, 5.41) is 4.15. The highest BCUT2D eigenvalue weighted by molar-refractivity contribution is 5.64. The van der Waals surface area contributed by atoms with Crippen LogP contribution in [0.25, 0.3) is 11.1 Å². The number of ether oxygens (including phenoxy) is 1. The van der Waals surface area contributed by atoms with E-state index in [0.29, 0.717) is 0 Å². The summed E-state index contributed by atoms with van der Waals surface area (Å²) in [6.07, 6.45) is 6.48. The van der Waals surface area contributed by atoms with Crippen LogP contribution in [0, 0.1) is 6.92 Å². The molecule has 0 bridgehead atoms. The summed E-state index contributed by atoms with van der Waals surface area (Å²) < 4.78 is 7.08. The standard InChI is InChI=1S/C12H14N2O.C4H10/c1-9-4-5-10(6-12(9)15-3)11-7-13-14(2)8-11;1-3-4-2/h4-8H,1-3H3;3-4H2,1-2H3. The molecule has 1 heterocycles. The predicted molar refractivity (Wildman–Crippen MR) is 80.5 cm³/mol. The van der Waals surface area contributed by atoms with Crippen LogP contribution in [-0.4, -0.2) is 16.9 Å². The van der Waals surface area contributed by atoms with Crippen LogP contribution in [0.3, 0.4) is 0 Å². The Kier molecular flexibility index (Phi) is 6.13. The van der Waals surface area contributed by atoms with E-state index in [1.807, 2.05) is 32.4 Å². The third-order valence-corrected chi connectivity index (χ3v) is 2.95. The van der Waals surface area contributed by atoms with E-state index < -0.39 is 0 Å². The third-order valence-electron chi connectivity index (χ3n) is 2.95. The van der Waals surface area contributed by atoms with E-state index in [9.17, 15) is 0 Å². The van der Waals surface area contributed by atoms with Crippen LogP contribution in [0.1, 0.15) is 32.3 Å². The third kappa shape index (κ3) is 4.43. The molecule has 0 fully saturated rings. The van der Waals surface area contributed by atoms with Gasteiger partial charge in [0.05, 0.1) is 13.3 Å². The fourth-order valence-electron chi connectivity index (χ4n) is 1.57. The lowest BCUT2D eigenvalue weighted by molar-refractivity contribution is 0.412. The second-order valence-electron chi connectivity index (χ2n) is 4.59. The number of rotatable bonds is 3. The second-order valence-corrected chi connectivity index (χ2v) is 4.59. The number of methoxy groups -OCH3 is 1. The molecule has 0 aliphatic carbocycles. The topological polar surface area (TPSA) is 27.1 Å². The zero-order valence-electron chi connectivity index (χ0n) is 12.6. The number of nitrogens with zero attached hydrogens (tertiary/aromatic N) is 2. The fourth-order valence-corrected chi connectivity index (χ4v) is 1.57. The van der Waals surface area contributed by atoms with Crippen LogP contribution in [0.4, 0.5) is 0 Å². The minimum atomic E-state index is 0.913. The molecule has 0 atom stereocenters. The quantitative estimate of drug-likeness (QED) is 0.826. The van der Waals surface area contributed by atoms with Crippen molar-refractivity contribution in [1.82, 2.24) is 9.78 Å². The van der Waals surface area contributed by atoms with Gasteiger partial charge in [0.15, 0.2) is 0 Å². The molecule has 2 aromatic rings. The number of aromatic nitrogens is 2. The Balaban J connectivity index is 0.000000399. The number of hydrogen-bond acceptors (Lipinski definition) is 2. The maximum Gasteiger partial charge on any atom is 0.122 e. The first kappa shape index (κ1) is 15.3. The molecule has 3 nitrogen and oxygen atoms in total. The highest BCUT2D eigenvalue weighted by Gasteiger charge is 2.03. The van der Waals surface area contributed by atoms with Gasteiger partial charge in [-0.25, -0.2) is 0 Å². The molecule has 0 aliphatic heterocycles. The number of unbranched alkanes of at least 4 members (excludes halogenated alkanes) is 1. The minimum Gasteiger partial charge on any atom is -0.496 e. The SMILES string of the molecule is CCCC.COc1cc(-c2cnn(C)c2)ccc1C. The van der Waals surface area contributed by atoms with Gasteiger partial charge < -0.3 is 4.74 Å². The summed E-state index contributed by atoms with van der Waals surface area (Å²) in [7, 11) is 3.60. The van der Waals surface area contributed by atoms with Crippen molar-refractivity contribution in [3.63, 3.8) is 0 Å². The average molecular weight is 260 g/mol. The van der Waals surface area contributed by atoms with Crippen molar-refractivity contribution >= 4 is 0 Å². The van der Waals surface area contributed by atoms with Crippen LogP contribution in [-0.2, 0) is 7.05 Å². The molecule has 2 rings (SSSR count). The van der Waals surface area contributed by atoms with Crippen LogP contribution in [0.15, 0.2) is 30.6 Å². The van der Waals surface area contributed by atoms with E-state index in [0.717, 1.165) is 22.4 Å². The first-order valence-corrected chi connectivity index (χ1v) is 6.76. The Hall–Kier alpha value is -1.77. The van der Waals surface area contributed by atoms with Gasteiger partial charge in [0, 0.05) is 18.8 Å². The van der Waals surface area contributed by atoms with Gasteiger partial charge in [-0.2, -0.15) is 5.10 Å². The normalized spacial score (nSPS) is 9.74. The minimum absolute atomic E-state index is 0.913. The van der Waals surface area contributed by atoms with Gasteiger partial charge in [-0.05, 0) is 24.1 Å². The summed E-state index contributed by atoms with van der Waals surface area (Å²) >= 11 is 0. The van der Waals surface area contributed by atoms with Gasteiger partial charge in [0.2, 0.25) is 0 Å². The van der Waals surface area contributed by atoms with Crippen LogP contribution in [0.5, 0.6) is 5.75 Å². The maximum atomic E-state index is 5.29. The molecule has 19 heavy (non-hydrogen) atoms. The Bertz CT molecular complexity index is 501. The van der Waals surface area contributed by atoms with Crippen molar-refractivity contribution in [3.8, 4) is 16.9 Å². The molecular formula is C16H24N2O. The van der Waals surface area contributed by atoms with Crippen LogP contribution < -0.4 is 4.74 Å². The van der Waals surface area contributed by atoms with Crippen molar-refractivity contribution in [2.24, 2.45) is 7.05 Å². The van der Waals surface area contributed by atoms with Crippen molar-refractivity contribution in [2.75, 3.05) is 7.11 Å². The molecule has 0 saturated carbocycles. The van der Waals surface area contributed by atoms with Gasteiger partial charge in [-0.3, -0.25) is 4.68 Å². The van der Waals surface area contributed by atoms with E-state index in [-0.39, 0.29) is 0 Å². The summed E-state index contributed by atoms with van der Waals surface area (Å²) in [4.78, 5) is 0. The molecule has 0 saturated heterocycles. The lowest BCUT2D eigenvalue weighted by Gasteiger charge is -2.05. The molecule has 0 spiro atoms. The monoisotopic (exact) mass is 260 g/mol. The lowest BCUT2D eigenvalue weighted by atomic mass is 10.1. The maximum absolute atomic E-state index is 5.29. The average Bonchev–Trinajstić information content (AvgIpc) is 2.86. The highest BCUT2D eigenvalue weighted by atomic mass is 16.5. The smallest absolute Gasteiger partial charge is 0.122 e. The van der Waals surface area contributed by atoms with Crippen molar-refractivity contribution < 1.29 is 4.74 Å². The second kappa shape index (κ2) is 7.62. The molecule has 1 aromatic heterocycles. The molecule has 3 heteroatoms. The van der Waals surface area contributed by atoms with Gasteiger partial charge in [-0.15, -0.1) is 0 Å². The predicted octanol–water partition coefficient (Wildman–Crippen LogP) is 4.21. The summed E-state index contributed by atoms with van der Waals surface area (Å²) in [5.74, 6) is 0.913. The molecule has 0 amide bonds. The number of benzene rings is 1. The van der Waals surface area contributed by atoms with Crippen molar-refractivity contribution in [2.45, 2.75) is 33.6 Å². The molecular weight excluding hydrogens is 236 g/mol. The Morgan fingerprint density at radius 2 is 1.84 bits per heavy atom. The summed E-state index contributed by atoms with van der Waals surface area (Å²) in [5.41, 5.74) is 3.38. The molecule has 1 aromatic carbocycles. The lowest BCUT2D eigenvalue weighted by Crippen LogP contribution is -1.87. The van der Waals surface area contributed by atoms with Crippen LogP contribution in [0.2, 0.25) is 0 Å². The largest absolute Gasteiger partial charge is 0.496 e. The van der Waals surface area contributed by atoms with Gasteiger partial charge in [0.25, 0.3) is 0 Å². The Morgan fingerprint density at radius 3 is 2.32 bits per heavy atom.